The van der Waals surface area contributed by atoms with Crippen molar-refractivity contribution in [3.05, 3.63) is 24.2 Å². The molecule has 0 spiro atoms. The topological polar surface area (TPSA) is 68.5 Å². The molecule has 1 heterocycles. The molecule has 0 radical (unpaired) electrons. The summed E-state index contributed by atoms with van der Waals surface area (Å²) in [5, 5.41) is 2.40. The fourth-order valence-electron chi connectivity index (χ4n) is 1.07. The van der Waals surface area contributed by atoms with Gasteiger partial charge in [0.2, 0.25) is 0 Å². The lowest BCUT2D eigenvalue weighted by atomic mass is 10.2. The summed E-state index contributed by atoms with van der Waals surface area (Å²) in [6, 6.07) is 2.43. The molecular weight excluding hydrogens is 210 g/mol. The van der Waals surface area contributed by atoms with Crippen molar-refractivity contribution in [2.45, 2.75) is 32.4 Å². The normalized spacial score (nSPS) is 12.9. The Hall–Kier alpha value is -1.78. The monoisotopic (exact) mass is 225 g/mol. The van der Waals surface area contributed by atoms with Crippen LogP contribution in [0.25, 0.3) is 0 Å². The maximum absolute atomic E-state index is 11.4. The molecule has 0 saturated heterocycles. The summed E-state index contributed by atoms with van der Waals surface area (Å²) in [6.45, 7) is 5.24. The van der Waals surface area contributed by atoms with Crippen LogP contribution >= 0.6 is 0 Å². The molecule has 0 unspecified atom stereocenters. The Morgan fingerprint density at radius 1 is 1.56 bits per heavy atom. The molecule has 1 atom stereocenters. The van der Waals surface area contributed by atoms with Gasteiger partial charge in [-0.3, -0.25) is 0 Å². The van der Waals surface area contributed by atoms with Crippen LogP contribution in [0.4, 0.5) is 4.79 Å². The molecule has 88 valence electrons. The van der Waals surface area contributed by atoms with Gasteiger partial charge in [-0.2, -0.15) is 0 Å². The number of hydrogen-bond donors (Lipinski definition) is 1. The van der Waals surface area contributed by atoms with Gasteiger partial charge in [-0.05, 0) is 32.9 Å². The molecule has 0 aliphatic heterocycles. The van der Waals surface area contributed by atoms with Crippen molar-refractivity contribution >= 4 is 12.4 Å². The summed E-state index contributed by atoms with van der Waals surface area (Å²) < 4.78 is 10.0. The number of amides is 1. The van der Waals surface area contributed by atoms with E-state index in [1.807, 2.05) is 0 Å². The molecule has 0 saturated carbocycles. The first-order chi connectivity index (χ1) is 7.42. The average molecular weight is 225 g/mol. The van der Waals surface area contributed by atoms with Crippen molar-refractivity contribution in [3.8, 4) is 0 Å². The first kappa shape index (κ1) is 12.3. The molecule has 1 aromatic heterocycles. The van der Waals surface area contributed by atoms with Crippen LogP contribution < -0.4 is 5.32 Å². The standard InChI is InChI=1S/C11H15NO4/c1-11(2,3)16-10(14)12-8(7-13)9-5-4-6-15-9/h4-8H,1-3H3,(H,12,14)/t8-/m1/s1. The lowest BCUT2D eigenvalue weighted by Gasteiger charge is -2.20. The first-order valence-corrected chi connectivity index (χ1v) is 4.90. The molecular formula is C11H15NO4. The van der Waals surface area contributed by atoms with Crippen molar-refractivity contribution in [2.75, 3.05) is 0 Å². The number of carbonyl (C=O) groups excluding carboxylic acids is 2. The van der Waals surface area contributed by atoms with Crippen LogP contribution in [0.15, 0.2) is 22.8 Å². The molecule has 16 heavy (non-hydrogen) atoms. The number of rotatable bonds is 3. The van der Waals surface area contributed by atoms with E-state index >= 15 is 0 Å². The van der Waals surface area contributed by atoms with E-state index in [1.54, 1.807) is 32.9 Å². The van der Waals surface area contributed by atoms with Gasteiger partial charge in [0.1, 0.15) is 23.7 Å². The number of carbonyl (C=O) groups is 2. The van der Waals surface area contributed by atoms with Crippen molar-refractivity contribution in [1.82, 2.24) is 5.32 Å². The molecule has 1 N–H and O–H groups in total. The summed E-state index contributed by atoms with van der Waals surface area (Å²) in [5.41, 5.74) is -0.597. The van der Waals surface area contributed by atoms with Gasteiger partial charge in [-0.15, -0.1) is 0 Å². The molecule has 0 fully saturated rings. The lowest BCUT2D eigenvalue weighted by molar-refractivity contribution is -0.110. The highest BCUT2D eigenvalue weighted by molar-refractivity contribution is 5.74. The smallest absolute Gasteiger partial charge is 0.408 e. The number of ether oxygens (including phenoxy) is 1. The number of aldehydes is 1. The van der Waals surface area contributed by atoms with Gasteiger partial charge in [-0.1, -0.05) is 0 Å². The Bertz CT molecular complexity index is 351. The minimum atomic E-state index is -0.815. The minimum Gasteiger partial charge on any atom is -0.467 e. The Morgan fingerprint density at radius 3 is 2.69 bits per heavy atom. The molecule has 0 aromatic carbocycles. The largest absolute Gasteiger partial charge is 0.467 e. The first-order valence-electron chi connectivity index (χ1n) is 4.90. The third-order valence-electron chi connectivity index (χ3n) is 1.66. The fraction of sp³-hybridized carbons (Fsp3) is 0.455. The second kappa shape index (κ2) is 4.83. The highest BCUT2D eigenvalue weighted by Gasteiger charge is 2.21. The third kappa shape index (κ3) is 3.76. The van der Waals surface area contributed by atoms with Gasteiger partial charge < -0.3 is 19.3 Å². The fourth-order valence-corrected chi connectivity index (χ4v) is 1.07. The van der Waals surface area contributed by atoms with Crippen molar-refractivity contribution < 1.29 is 18.7 Å². The minimum absolute atomic E-state index is 0.376. The average Bonchev–Trinajstić information content (AvgIpc) is 2.63. The lowest BCUT2D eigenvalue weighted by Crippen LogP contribution is -2.35. The quantitative estimate of drug-likeness (QED) is 0.799. The number of hydrogen-bond acceptors (Lipinski definition) is 4. The predicted octanol–water partition coefficient (Wildman–Crippen LogP) is 2.04. The molecule has 1 amide bonds. The van der Waals surface area contributed by atoms with Crippen LogP contribution in [0.3, 0.4) is 0 Å². The van der Waals surface area contributed by atoms with Gasteiger partial charge in [0.25, 0.3) is 0 Å². The summed E-state index contributed by atoms with van der Waals surface area (Å²) in [6.07, 6.45) is 1.37. The van der Waals surface area contributed by atoms with Crippen molar-refractivity contribution in [2.24, 2.45) is 0 Å². The maximum atomic E-state index is 11.4. The van der Waals surface area contributed by atoms with E-state index < -0.39 is 17.7 Å². The van der Waals surface area contributed by atoms with Gasteiger partial charge >= 0.3 is 6.09 Å². The van der Waals surface area contributed by atoms with Gasteiger partial charge in [-0.25, -0.2) is 4.79 Å². The van der Waals surface area contributed by atoms with E-state index in [1.165, 1.54) is 6.26 Å². The summed E-state index contributed by atoms with van der Waals surface area (Å²) in [7, 11) is 0. The maximum Gasteiger partial charge on any atom is 0.408 e. The number of furan rings is 1. The van der Waals surface area contributed by atoms with Crippen LogP contribution in [-0.2, 0) is 9.53 Å². The zero-order valence-corrected chi connectivity index (χ0v) is 9.52. The van der Waals surface area contributed by atoms with Gasteiger partial charge in [0.15, 0.2) is 0 Å². The van der Waals surface area contributed by atoms with Crippen molar-refractivity contribution in [1.29, 1.82) is 0 Å². The SMILES string of the molecule is CC(C)(C)OC(=O)N[C@H](C=O)c1ccco1. The van der Waals surface area contributed by atoms with E-state index in [0.717, 1.165) is 0 Å². The summed E-state index contributed by atoms with van der Waals surface area (Å²) in [5.74, 6) is 0.376. The van der Waals surface area contributed by atoms with E-state index in [4.69, 9.17) is 9.15 Å². The van der Waals surface area contributed by atoms with Gasteiger partial charge in [0.05, 0.1) is 6.26 Å². The molecule has 0 bridgehead atoms. The molecule has 0 aliphatic rings. The second-order valence-corrected chi connectivity index (χ2v) is 4.28. The van der Waals surface area contributed by atoms with Gasteiger partial charge in [0, 0.05) is 0 Å². The Morgan fingerprint density at radius 2 is 2.25 bits per heavy atom. The third-order valence-corrected chi connectivity index (χ3v) is 1.66. The van der Waals surface area contributed by atoms with E-state index in [-0.39, 0.29) is 0 Å². The summed E-state index contributed by atoms with van der Waals surface area (Å²) >= 11 is 0. The zero-order chi connectivity index (χ0) is 12.2. The van der Waals surface area contributed by atoms with E-state index in [0.29, 0.717) is 12.0 Å². The van der Waals surface area contributed by atoms with Crippen LogP contribution in [-0.4, -0.2) is 18.0 Å². The van der Waals surface area contributed by atoms with Crippen LogP contribution in [0.5, 0.6) is 0 Å². The van der Waals surface area contributed by atoms with Crippen molar-refractivity contribution in [3.63, 3.8) is 0 Å². The molecule has 1 aromatic rings. The molecule has 5 heteroatoms. The highest BCUT2D eigenvalue weighted by Crippen LogP contribution is 2.13. The number of alkyl carbamates (subject to hydrolysis) is 1. The van der Waals surface area contributed by atoms with Crippen LogP contribution in [0.2, 0.25) is 0 Å². The van der Waals surface area contributed by atoms with Crippen LogP contribution in [0, 0.1) is 0 Å². The highest BCUT2D eigenvalue weighted by atomic mass is 16.6. The second-order valence-electron chi connectivity index (χ2n) is 4.28. The Labute approximate surface area is 93.8 Å². The zero-order valence-electron chi connectivity index (χ0n) is 9.52. The van der Waals surface area contributed by atoms with E-state index in [9.17, 15) is 9.59 Å². The Balaban J connectivity index is 2.58. The summed E-state index contributed by atoms with van der Waals surface area (Å²) in [4.78, 5) is 22.2. The number of nitrogens with one attached hydrogen (secondary N) is 1. The Kier molecular flexibility index (Phi) is 3.71. The molecule has 0 aliphatic carbocycles. The predicted molar refractivity (Wildman–Crippen MR) is 56.9 cm³/mol. The molecule has 1 rings (SSSR count). The molecule has 5 nitrogen and oxygen atoms in total. The van der Waals surface area contributed by atoms with E-state index in [2.05, 4.69) is 5.32 Å². The van der Waals surface area contributed by atoms with Crippen LogP contribution in [0.1, 0.15) is 32.6 Å².